The van der Waals surface area contributed by atoms with Gasteiger partial charge in [0.05, 0.1) is 21.2 Å². The van der Waals surface area contributed by atoms with E-state index in [-0.39, 0.29) is 39.7 Å². The Hall–Kier alpha value is -1.59. The first kappa shape index (κ1) is 17.2. The van der Waals surface area contributed by atoms with Gasteiger partial charge in [-0.15, -0.1) is 0 Å². The van der Waals surface area contributed by atoms with Crippen molar-refractivity contribution in [2.24, 2.45) is 5.92 Å². The summed E-state index contributed by atoms with van der Waals surface area (Å²) in [7, 11) is 0. The number of hydrogen-bond donors (Lipinski definition) is 1. The molecule has 24 heavy (non-hydrogen) atoms. The lowest BCUT2D eigenvalue weighted by atomic mass is 9.86. The Labute approximate surface area is 150 Å². The van der Waals surface area contributed by atoms with Gasteiger partial charge in [0.25, 0.3) is 11.8 Å². The Morgan fingerprint density at radius 1 is 1.12 bits per heavy atom. The van der Waals surface area contributed by atoms with Gasteiger partial charge in [-0.3, -0.25) is 19.3 Å². The predicted octanol–water partition coefficient (Wildman–Crippen LogP) is 3.28. The summed E-state index contributed by atoms with van der Waals surface area (Å²) in [6.07, 6.45) is 4.27. The van der Waals surface area contributed by atoms with Crippen LogP contribution in [0, 0.1) is 5.92 Å². The SMILES string of the molecule is C[C@@H]1CCCC[C@@H]1NC(=O)CN1C(=O)c2cc(Cl)c(Cl)cc2C1=O. The molecule has 1 heterocycles. The number of halogens is 2. The van der Waals surface area contributed by atoms with Crippen LogP contribution in [0.1, 0.15) is 53.3 Å². The van der Waals surface area contributed by atoms with Crippen LogP contribution in [0.5, 0.6) is 0 Å². The summed E-state index contributed by atoms with van der Waals surface area (Å²) in [5, 5.41) is 3.36. The van der Waals surface area contributed by atoms with E-state index in [2.05, 4.69) is 12.2 Å². The van der Waals surface area contributed by atoms with Crippen LogP contribution in [0.3, 0.4) is 0 Å². The van der Waals surface area contributed by atoms with Crippen molar-refractivity contribution in [3.63, 3.8) is 0 Å². The maximum atomic E-state index is 12.4. The quantitative estimate of drug-likeness (QED) is 0.832. The molecule has 0 unspecified atom stereocenters. The first-order valence-corrected chi connectivity index (χ1v) is 8.78. The number of rotatable bonds is 3. The monoisotopic (exact) mass is 368 g/mol. The molecule has 128 valence electrons. The van der Waals surface area contributed by atoms with Crippen LogP contribution in [0.25, 0.3) is 0 Å². The van der Waals surface area contributed by atoms with Gasteiger partial charge in [0, 0.05) is 6.04 Å². The zero-order valence-electron chi connectivity index (χ0n) is 13.3. The van der Waals surface area contributed by atoms with Crippen LogP contribution in [0.15, 0.2) is 12.1 Å². The highest BCUT2D eigenvalue weighted by atomic mass is 35.5. The topological polar surface area (TPSA) is 66.5 Å². The summed E-state index contributed by atoms with van der Waals surface area (Å²) in [5.74, 6) is -0.941. The number of nitrogens with one attached hydrogen (secondary N) is 1. The standard InChI is InChI=1S/C17H18Cl2N2O3/c1-9-4-2-3-5-14(9)20-15(22)8-21-16(23)10-6-12(18)13(19)7-11(10)17(21)24/h6-7,9,14H,2-5,8H2,1H3,(H,20,22)/t9-,14+/m1/s1. The van der Waals surface area contributed by atoms with Gasteiger partial charge in [0.1, 0.15) is 6.54 Å². The van der Waals surface area contributed by atoms with Crippen molar-refractivity contribution in [2.45, 2.75) is 38.6 Å². The molecule has 2 atom stereocenters. The van der Waals surface area contributed by atoms with Crippen LogP contribution in [-0.4, -0.2) is 35.2 Å². The van der Waals surface area contributed by atoms with Gasteiger partial charge in [-0.1, -0.05) is 43.0 Å². The van der Waals surface area contributed by atoms with Gasteiger partial charge < -0.3 is 5.32 Å². The van der Waals surface area contributed by atoms with Crippen molar-refractivity contribution in [2.75, 3.05) is 6.54 Å². The van der Waals surface area contributed by atoms with E-state index >= 15 is 0 Å². The minimum absolute atomic E-state index is 0.102. The molecule has 1 aliphatic heterocycles. The Morgan fingerprint density at radius 2 is 1.67 bits per heavy atom. The zero-order valence-corrected chi connectivity index (χ0v) is 14.8. The van der Waals surface area contributed by atoms with Crippen molar-refractivity contribution in [1.29, 1.82) is 0 Å². The highest BCUT2D eigenvalue weighted by molar-refractivity contribution is 6.43. The van der Waals surface area contributed by atoms with Gasteiger partial charge in [-0.05, 0) is 30.9 Å². The minimum Gasteiger partial charge on any atom is -0.352 e. The number of benzene rings is 1. The van der Waals surface area contributed by atoms with Crippen molar-refractivity contribution in [3.05, 3.63) is 33.3 Å². The van der Waals surface area contributed by atoms with Gasteiger partial charge >= 0.3 is 0 Å². The largest absolute Gasteiger partial charge is 0.352 e. The van der Waals surface area contributed by atoms with E-state index in [4.69, 9.17) is 23.2 Å². The Kier molecular flexibility index (Phi) is 4.83. The molecule has 0 aromatic heterocycles. The van der Waals surface area contributed by atoms with Crippen molar-refractivity contribution in [3.8, 4) is 0 Å². The highest BCUT2D eigenvalue weighted by Crippen LogP contribution is 2.31. The first-order valence-electron chi connectivity index (χ1n) is 8.03. The molecule has 5 nitrogen and oxygen atoms in total. The molecule has 0 saturated heterocycles. The van der Waals surface area contributed by atoms with Crippen LogP contribution < -0.4 is 5.32 Å². The molecule has 0 radical (unpaired) electrons. The molecule has 1 saturated carbocycles. The summed E-state index contributed by atoms with van der Waals surface area (Å²) in [5.41, 5.74) is 0.376. The number of hydrogen-bond acceptors (Lipinski definition) is 3. The zero-order chi connectivity index (χ0) is 17.4. The minimum atomic E-state index is -0.514. The van der Waals surface area contributed by atoms with E-state index in [1.54, 1.807) is 0 Å². The summed E-state index contributed by atoms with van der Waals surface area (Å²) in [6, 6.07) is 2.85. The molecule has 3 rings (SSSR count). The van der Waals surface area contributed by atoms with Crippen molar-refractivity contribution in [1.82, 2.24) is 10.2 Å². The number of carbonyl (C=O) groups excluding carboxylic acids is 3. The maximum Gasteiger partial charge on any atom is 0.262 e. The Bertz CT molecular complexity index is 679. The fourth-order valence-corrected chi connectivity index (χ4v) is 3.68. The maximum absolute atomic E-state index is 12.4. The van der Waals surface area contributed by atoms with E-state index < -0.39 is 11.8 Å². The van der Waals surface area contributed by atoms with Crippen molar-refractivity contribution >= 4 is 40.9 Å². The molecule has 1 aliphatic carbocycles. The lowest BCUT2D eigenvalue weighted by Gasteiger charge is -2.30. The van der Waals surface area contributed by atoms with E-state index in [0.29, 0.717) is 5.92 Å². The summed E-state index contributed by atoms with van der Waals surface area (Å²) < 4.78 is 0. The first-order chi connectivity index (χ1) is 11.4. The number of nitrogens with zero attached hydrogens (tertiary/aromatic N) is 1. The van der Waals surface area contributed by atoms with Gasteiger partial charge in [0.15, 0.2) is 0 Å². The predicted molar refractivity (Wildman–Crippen MR) is 91.4 cm³/mol. The average molecular weight is 369 g/mol. The van der Waals surface area contributed by atoms with E-state index in [1.807, 2.05) is 0 Å². The number of carbonyl (C=O) groups is 3. The van der Waals surface area contributed by atoms with Gasteiger partial charge in [-0.2, -0.15) is 0 Å². The third kappa shape index (κ3) is 3.15. The molecular weight excluding hydrogens is 351 g/mol. The molecular formula is C17H18Cl2N2O3. The summed E-state index contributed by atoms with van der Waals surface area (Å²) in [6.45, 7) is 1.82. The van der Waals surface area contributed by atoms with Crippen LogP contribution in [0.2, 0.25) is 10.0 Å². The lowest BCUT2D eigenvalue weighted by molar-refractivity contribution is -0.122. The molecule has 1 aromatic rings. The van der Waals surface area contributed by atoms with E-state index in [9.17, 15) is 14.4 Å². The van der Waals surface area contributed by atoms with Crippen LogP contribution >= 0.6 is 23.2 Å². The molecule has 1 N–H and O–H groups in total. The third-order valence-corrected chi connectivity index (χ3v) is 5.49. The van der Waals surface area contributed by atoms with Crippen LogP contribution in [-0.2, 0) is 4.79 Å². The van der Waals surface area contributed by atoms with E-state index in [0.717, 1.165) is 24.2 Å². The number of fused-ring (bicyclic) bond motifs is 1. The molecule has 0 bridgehead atoms. The second-order valence-electron chi connectivity index (χ2n) is 6.44. The molecule has 3 amide bonds. The smallest absolute Gasteiger partial charge is 0.262 e. The summed E-state index contributed by atoms with van der Waals surface area (Å²) in [4.78, 5) is 38.0. The normalized spacial score (nSPS) is 23.4. The van der Waals surface area contributed by atoms with Crippen molar-refractivity contribution < 1.29 is 14.4 Å². The Morgan fingerprint density at radius 3 is 2.21 bits per heavy atom. The van der Waals surface area contributed by atoms with Gasteiger partial charge in [-0.25, -0.2) is 0 Å². The number of amides is 3. The third-order valence-electron chi connectivity index (χ3n) is 4.77. The Balaban J connectivity index is 1.71. The fourth-order valence-electron chi connectivity index (χ4n) is 3.35. The second kappa shape index (κ2) is 6.73. The molecule has 0 spiro atoms. The van der Waals surface area contributed by atoms with Crippen LogP contribution in [0.4, 0.5) is 0 Å². The molecule has 1 aromatic carbocycles. The highest BCUT2D eigenvalue weighted by Gasteiger charge is 2.37. The average Bonchev–Trinajstić information content (AvgIpc) is 2.75. The second-order valence-corrected chi connectivity index (χ2v) is 7.26. The molecule has 2 aliphatic rings. The fraction of sp³-hybridized carbons (Fsp3) is 0.471. The van der Waals surface area contributed by atoms with E-state index in [1.165, 1.54) is 18.6 Å². The summed E-state index contributed by atoms with van der Waals surface area (Å²) >= 11 is 11.8. The lowest BCUT2D eigenvalue weighted by Crippen LogP contribution is -2.46. The van der Waals surface area contributed by atoms with Gasteiger partial charge in [0.2, 0.25) is 5.91 Å². The number of imide groups is 1. The molecule has 1 fully saturated rings. The molecule has 7 heteroatoms.